The third kappa shape index (κ3) is 3.83. The predicted molar refractivity (Wildman–Crippen MR) is 93.3 cm³/mol. The number of carbonyl (C=O) groups excluding carboxylic acids is 1. The molecule has 1 saturated heterocycles. The molecule has 1 amide bonds. The van der Waals surface area contributed by atoms with Gasteiger partial charge in [0.15, 0.2) is 0 Å². The summed E-state index contributed by atoms with van der Waals surface area (Å²) in [5, 5.41) is 0. The van der Waals surface area contributed by atoms with Gasteiger partial charge in [-0.3, -0.25) is 4.90 Å². The molecule has 1 fully saturated rings. The molecule has 0 aliphatic carbocycles. The molecule has 1 aromatic carbocycles. The molecule has 24 heavy (non-hydrogen) atoms. The quantitative estimate of drug-likeness (QED) is 0.853. The van der Waals surface area contributed by atoms with Gasteiger partial charge in [-0.1, -0.05) is 6.07 Å². The van der Waals surface area contributed by atoms with E-state index in [-0.39, 0.29) is 12.2 Å². The van der Waals surface area contributed by atoms with Crippen molar-refractivity contribution in [1.82, 2.24) is 9.80 Å². The summed E-state index contributed by atoms with van der Waals surface area (Å²) in [6.45, 7) is 7.46. The lowest BCUT2D eigenvalue weighted by atomic mass is 9.95. The molecule has 5 heteroatoms. The van der Waals surface area contributed by atoms with Gasteiger partial charge < -0.3 is 14.4 Å². The number of piperidine rings is 1. The highest BCUT2D eigenvalue weighted by Crippen LogP contribution is 2.27. The largest absolute Gasteiger partial charge is 0.497 e. The Morgan fingerprint density at radius 1 is 1.17 bits per heavy atom. The molecule has 0 atom stereocenters. The lowest BCUT2D eigenvalue weighted by Gasteiger charge is -2.40. The second-order valence-corrected chi connectivity index (χ2v) is 7.01. The Morgan fingerprint density at radius 2 is 1.92 bits per heavy atom. The normalized spacial score (nSPS) is 19.2. The molecule has 0 bridgehead atoms. The van der Waals surface area contributed by atoms with Crippen LogP contribution in [0.5, 0.6) is 5.75 Å². The van der Waals surface area contributed by atoms with Crippen LogP contribution in [0.1, 0.15) is 37.8 Å². The first kappa shape index (κ1) is 17.1. The zero-order valence-corrected chi connectivity index (χ0v) is 15.0. The van der Waals surface area contributed by atoms with Gasteiger partial charge in [0.2, 0.25) is 0 Å². The van der Waals surface area contributed by atoms with Gasteiger partial charge in [-0.05, 0) is 56.4 Å². The van der Waals surface area contributed by atoms with Crippen LogP contribution in [0.25, 0.3) is 0 Å². The SMILES string of the molecule is COc1ccc2c(c1)CCN(C1CCN(C(=O)OC(C)C)CC1)C2. The van der Waals surface area contributed by atoms with Crippen molar-refractivity contribution in [1.29, 1.82) is 0 Å². The summed E-state index contributed by atoms with van der Waals surface area (Å²) in [4.78, 5) is 16.4. The van der Waals surface area contributed by atoms with Gasteiger partial charge in [-0.15, -0.1) is 0 Å². The second kappa shape index (κ2) is 7.43. The first-order valence-corrected chi connectivity index (χ1v) is 8.92. The second-order valence-electron chi connectivity index (χ2n) is 7.01. The topological polar surface area (TPSA) is 42.0 Å². The van der Waals surface area contributed by atoms with E-state index in [2.05, 4.69) is 17.0 Å². The first-order valence-electron chi connectivity index (χ1n) is 8.92. The monoisotopic (exact) mass is 332 g/mol. The summed E-state index contributed by atoms with van der Waals surface area (Å²) >= 11 is 0. The smallest absolute Gasteiger partial charge is 0.410 e. The number of benzene rings is 1. The van der Waals surface area contributed by atoms with Crippen molar-refractivity contribution >= 4 is 6.09 Å². The fraction of sp³-hybridized carbons (Fsp3) is 0.632. The number of nitrogens with zero attached hydrogens (tertiary/aromatic N) is 2. The lowest BCUT2D eigenvalue weighted by molar-refractivity contribution is 0.0524. The fourth-order valence-corrected chi connectivity index (χ4v) is 3.68. The van der Waals surface area contributed by atoms with Crippen LogP contribution in [0.15, 0.2) is 18.2 Å². The molecule has 5 nitrogen and oxygen atoms in total. The van der Waals surface area contributed by atoms with Crippen LogP contribution >= 0.6 is 0 Å². The van der Waals surface area contributed by atoms with Crippen molar-refractivity contribution in [3.05, 3.63) is 29.3 Å². The molecule has 2 heterocycles. The molecule has 2 aliphatic heterocycles. The van der Waals surface area contributed by atoms with Crippen LogP contribution in [0.3, 0.4) is 0 Å². The van der Waals surface area contributed by atoms with Crippen molar-refractivity contribution in [2.24, 2.45) is 0 Å². The van der Waals surface area contributed by atoms with Crippen molar-refractivity contribution in [3.8, 4) is 5.75 Å². The Bertz CT molecular complexity index is 580. The summed E-state index contributed by atoms with van der Waals surface area (Å²) in [5.41, 5.74) is 2.81. The molecule has 0 spiro atoms. The van der Waals surface area contributed by atoms with E-state index in [1.807, 2.05) is 24.8 Å². The number of hydrogen-bond acceptors (Lipinski definition) is 4. The van der Waals surface area contributed by atoms with E-state index in [4.69, 9.17) is 9.47 Å². The number of hydrogen-bond donors (Lipinski definition) is 0. The van der Waals surface area contributed by atoms with Crippen molar-refractivity contribution in [3.63, 3.8) is 0 Å². The standard InChI is InChI=1S/C19H28N2O3/c1-14(2)24-19(22)20-10-7-17(8-11-20)21-9-6-15-12-18(23-3)5-4-16(15)13-21/h4-5,12,14,17H,6-11,13H2,1-3H3. The van der Waals surface area contributed by atoms with Gasteiger partial charge in [0.25, 0.3) is 0 Å². The Labute approximate surface area is 144 Å². The first-order chi connectivity index (χ1) is 11.6. The molecule has 0 unspecified atom stereocenters. The average molecular weight is 332 g/mol. The molecule has 0 N–H and O–H groups in total. The van der Waals surface area contributed by atoms with Crippen LogP contribution in [0.4, 0.5) is 4.79 Å². The molecule has 0 radical (unpaired) electrons. The number of rotatable bonds is 3. The van der Waals surface area contributed by atoms with Crippen LogP contribution in [0, 0.1) is 0 Å². The van der Waals surface area contributed by atoms with E-state index in [1.165, 1.54) is 11.1 Å². The molecule has 0 aromatic heterocycles. The molecule has 3 rings (SSSR count). The summed E-state index contributed by atoms with van der Waals surface area (Å²) in [6.07, 6.45) is 2.91. The fourth-order valence-electron chi connectivity index (χ4n) is 3.68. The number of likely N-dealkylation sites (tertiary alicyclic amines) is 1. The Morgan fingerprint density at radius 3 is 2.58 bits per heavy atom. The highest BCUT2D eigenvalue weighted by Gasteiger charge is 2.29. The highest BCUT2D eigenvalue weighted by molar-refractivity contribution is 5.67. The number of methoxy groups -OCH3 is 1. The maximum atomic E-state index is 12.0. The molecular weight excluding hydrogens is 304 g/mol. The number of carbonyl (C=O) groups is 1. The third-order valence-corrected chi connectivity index (χ3v) is 5.03. The Kier molecular flexibility index (Phi) is 5.29. The average Bonchev–Trinajstić information content (AvgIpc) is 2.60. The maximum absolute atomic E-state index is 12.0. The number of fused-ring (bicyclic) bond motifs is 1. The van der Waals surface area contributed by atoms with E-state index in [1.54, 1.807) is 7.11 Å². The van der Waals surface area contributed by atoms with Crippen LogP contribution in [-0.4, -0.2) is 54.8 Å². The summed E-state index contributed by atoms with van der Waals surface area (Å²) < 4.78 is 10.6. The maximum Gasteiger partial charge on any atom is 0.410 e. The van der Waals surface area contributed by atoms with E-state index < -0.39 is 0 Å². The van der Waals surface area contributed by atoms with Gasteiger partial charge in [0.05, 0.1) is 13.2 Å². The molecule has 132 valence electrons. The van der Waals surface area contributed by atoms with Gasteiger partial charge in [0, 0.05) is 32.2 Å². The van der Waals surface area contributed by atoms with E-state index >= 15 is 0 Å². The lowest BCUT2D eigenvalue weighted by Crippen LogP contribution is -2.48. The minimum Gasteiger partial charge on any atom is -0.497 e. The predicted octanol–water partition coefficient (Wildman–Crippen LogP) is 3.06. The van der Waals surface area contributed by atoms with Crippen LogP contribution in [-0.2, 0) is 17.7 Å². The zero-order valence-electron chi connectivity index (χ0n) is 15.0. The van der Waals surface area contributed by atoms with Gasteiger partial charge >= 0.3 is 6.09 Å². The highest BCUT2D eigenvalue weighted by atomic mass is 16.6. The molecular formula is C19H28N2O3. The zero-order chi connectivity index (χ0) is 17.1. The Hall–Kier alpha value is -1.75. The van der Waals surface area contributed by atoms with Crippen LogP contribution in [0.2, 0.25) is 0 Å². The molecule has 2 aliphatic rings. The summed E-state index contributed by atoms with van der Waals surface area (Å²) in [7, 11) is 1.72. The minimum absolute atomic E-state index is 0.0502. The van der Waals surface area contributed by atoms with E-state index in [0.717, 1.165) is 51.2 Å². The molecule has 0 saturated carbocycles. The number of ether oxygens (including phenoxy) is 2. The van der Waals surface area contributed by atoms with Crippen LogP contribution < -0.4 is 4.74 Å². The van der Waals surface area contributed by atoms with Crippen molar-refractivity contribution in [2.75, 3.05) is 26.7 Å². The van der Waals surface area contributed by atoms with E-state index in [0.29, 0.717) is 6.04 Å². The summed E-state index contributed by atoms with van der Waals surface area (Å²) in [5.74, 6) is 0.944. The Balaban J connectivity index is 1.55. The van der Waals surface area contributed by atoms with Crippen molar-refractivity contribution in [2.45, 2.75) is 51.8 Å². The van der Waals surface area contributed by atoms with Gasteiger partial charge in [0.1, 0.15) is 5.75 Å². The third-order valence-electron chi connectivity index (χ3n) is 5.03. The number of amides is 1. The summed E-state index contributed by atoms with van der Waals surface area (Å²) in [6, 6.07) is 6.96. The van der Waals surface area contributed by atoms with E-state index in [9.17, 15) is 4.79 Å². The molecule has 1 aromatic rings. The van der Waals surface area contributed by atoms with Gasteiger partial charge in [-0.2, -0.15) is 0 Å². The van der Waals surface area contributed by atoms with Crippen molar-refractivity contribution < 1.29 is 14.3 Å². The minimum atomic E-state index is -0.167. The van der Waals surface area contributed by atoms with Gasteiger partial charge in [-0.25, -0.2) is 4.79 Å².